The van der Waals surface area contributed by atoms with Crippen LogP contribution in [0.15, 0.2) is 109 Å². The van der Waals surface area contributed by atoms with Crippen LogP contribution < -0.4 is 5.73 Å². The van der Waals surface area contributed by atoms with Gasteiger partial charge in [-0.2, -0.15) is 0 Å². The van der Waals surface area contributed by atoms with Gasteiger partial charge in [-0.3, -0.25) is 18.6 Å². The number of allylic oxidation sites excluding steroid dienone is 18. The number of nitrogens with two attached hydrogens (primary N) is 1. The number of unbranched alkanes of at least 4 members (excludes halogenated alkanes) is 19. The quantitative estimate of drug-likeness (QED) is 0.0264. The summed E-state index contributed by atoms with van der Waals surface area (Å²) in [6.07, 6.45) is 72.8. The van der Waals surface area contributed by atoms with Crippen LogP contribution in [0, 0.1) is 0 Å². The second-order valence-electron chi connectivity index (χ2n) is 17.7. The van der Waals surface area contributed by atoms with Crippen LogP contribution in [0.2, 0.25) is 0 Å². The maximum atomic E-state index is 12.7. The zero-order chi connectivity index (χ0) is 50.2. The molecule has 0 radical (unpaired) electrons. The monoisotopic (exact) mass is 982 g/mol. The van der Waals surface area contributed by atoms with E-state index in [1.165, 1.54) is 70.6 Å². The van der Waals surface area contributed by atoms with E-state index in [0.717, 1.165) is 109 Å². The number of phosphoric ester groups is 1. The molecule has 394 valence electrons. The smallest absolute Gasteiger partial charge is 0.462 e. The third-order valence-electron chi connectivity index (χ3n) is 11.1. The predicted octanol–water partition coefficient (Wildman–Crippen LogP) is 17.1. The summed E-state index contributed by atoms with van der Waals surface area (Å²) in [5, 5.41) is 0. The molecule has 0 aliphatic heterocycles. The second kappa shape index (κ2) is 54.0. The van der Waals surface area contributed by atoms with Crippen molar-refractivity contribution in [3.63, 3.8) is 0 Å². The molecule has 0 bridgehead atoms. The molecular weight excluding hydrogens is 882 g/mol. The Morgan fingerprint density at radius 3 is 1.19 bits per heavy atom. The van der Waals surface area contributed by atoms with Crippen LogP contribution in [0.5, 0.6) is 0 Å². The van der Waals surface area contributed by atoms with E-state index in [4.69, 9.17) is 24.3 Å². The summed E-state index contributed by atoms with van der Waals surface area (Å²) in [4.78, 5) is 35.1. The summed E-state index contributed by atoms with van der Waals surface area (Å²) >= 11 is 0. The Balaban J connectivity index is 4.00. The molecule has 0 heterocycles. The van der Waals surface area contributed by atoms with Crippen LogP contribution in [0.1, 0.15) is 219 Å². The van der Waals surface area contributed by atoms with Crippen molar-refractivity contribution in [3.05, 3.63) is 109 Å². The van der Waals surface area contributed by atoms with Crippen LogP contribution in [-0.4, -0.2) is 49.3 Å². The first-order valence-corrected chi connectivity index (χ1v) is 28.9. The van der Waals surface area contributed by atoms with Crippen molar-refractivity contribution in [2.75, 3.05) is 26.4 Å². The average molecular weight is 982 g/mol. The van der Waals surface area contributed by atoms with Gasteiger partial charge in [-0.05, 0) is 103 Å². The van der Waals surface area contributed by atoms with E-state index >= 15 is 0 Å². The van der Waals surface area contributed by atoms with Gasteiger partial charge in [-0.1, -0.05) is 213 Å². The minimum absolute atomic E-state index is 0.0460. The van der Waals surface area contributed by atoms with Gasteiger partial charge in [0.15, 0.2) is 6.10 Å². The van der Waals surface area contributed by atoms with Crippen molar-refractivity contribution >= 4 is 19.8 Å². The van der Waals surface area contributed by atoms with Gasteiger partial charge in [-0.25, -0.2) is 4.57 Å². The molecule has 0 saturated carbocycles. The molecule has 0 aromatic carbocycles. The zero-order valence-electron chi connectivity index (χ0n) is 43.8. The number of hydrogen-bond donors (Lipinski definition) is 2. The van der Waals surface area contributed by atoms with E-state index < -0.39 is 32.5 Å². The lowest BCUT2D eigenvalue weighted by Crippen LogP contribution is -2.29. The van der Waals surface area contributed by atoms with E-state index in [1.807, 2.05) is 0 Å². The first kappa shape index (κ1) is 65.7. The lowest BCUT2D eigenvalue weighted by atomic mass is 10.0. The van der Waals surface area contributed by atoms with Crippen molar-refractivity contribution < 1.29 is 37.6 Å². The van der Waals surface area contributed by atoms with Gasteiger partial charge in [0.1, 0.15) is 6.61 Å². The lowest BCUT2D eigenvalue weighted by molar-refractivity contribution is -0.161. The Hall–Kier alpha value is -3.33. The molecule has 0 aliphatic rings. The first-order chi connectivity index (χ1) is 33.8. The number of esters is 2. The number of ether oxygens (including phenoxy) is 2. The minimum Gasteiger partial charge on any atom is -0.462 e. The predicted molar refractivity (Wildman–Crippen MR) is 293 cm³/mol. The normalized spacial score (nSPS) is 14.0. The Morgan fingerprint density at radius 1 is 0.449 bits per heavy atom. The van der Waals surface area contributed by atoms with Crippen LogP contribution in [0.3, 0.4) is 0 Å². The summed E-state index contributed by atoms with van der Waals surface area (Å²) in [5.74, 6) is -0.853. The highest BCUT2D eigenvalue weighted by molar-refractivity contribution is 7.47. The Kier molecular flexibility index (Phi) is 51.4. The Morgan fingerprint density at radius 2 is 0.797 bits per heavy atom. The van der Waals surface area contributed by atoms with Gasteiger partial charge < -0.3 is 20.1 Å². The third-order valence-corrected chi connectivity index (χ3v) is 12.1. The Labute approximate surface area is 422 Å². The van der Waals surface area contributed by atoms with Gasteiger partial charge >= 0.3 is 19.8 Å². The molecular formula is C59H100NO8P. The number of carbonyl (C=O) groups excluding carboxylic acids is 2. The first-order valence-electron chi connectivity index (χ1n) is 27.4. The van der Waals surface area contributed by atoms with Crippen molar-refractivity contribution in [3.8, 4) is 0 Å². The van der Waals surface area contributed by atoms with Crippen molar-refractivity contribution in [2.45, 2.75) is 225 Å². The van der Waals surface area contributed by atoms with Gasteiger partial charge in [0.05, 0.1) is 13.2 Å². The second-order valence-corrected chi connectivity index (χ2v) is 19.2. The average Bonchev–Trinajstić information content (AvgIpc) is 3.34. The lowest BCUT2D eigenvalue weighted by Gasteiger charge is -2.19. The number of rotatable bonds is 50. The number of carbonyl (C=O) groups is 2. The van der Waals surface area contributed by atoms with Gasteiger partial charge in [0, 0.05) is 19.4 Å². The molecule has 0 aromatic rings. The highest BCUT2D eigenvalue weighted by Gasteiger charge is 2.26. The van der Waals surface area contributed by atoms with E-state index in [0.29, 0.717) is 12.8 Å². The summed E-state index contributed by atoms with van der Waals surface area (Å²) in [6, 6.07) is 0. The SMILES string of the molecule is CC/C=C\C/C=C\C/C=C\C/C=C\C/C=C\C/C=C\C/C=C\CCCCCCCCCCCCCC(=O)OC(COC(=O)CCCCCCC/C=C\C/C=C\CCCCC)COP(=O)(O)OCCN. The van der Waals surface area contributed by atoms with Gasteiger partial charge in [0.25, 0.3) is 0 Å². The molecule has 0 spiro atoms. The molecule has 9 nitrogen and oxygen atoms in total. The van der Waals surface area contributed by atoms with Crippen molar-refractivity contribution in [1.82, 2.24) is 0 Å². The molecule has 10 heteroatoms. The van der Waals surface area contributed by atoms with Crippen LogP contribution in [0.4, 0.5) is 0 Å². The molecule has 2 atom stereocenters. The highest BCUT2D eigenvalue weighted by Crippen LogP contribution is 2.43. The summed E-state index contributed by atoms with van der Waals surface area (Å²) in [6.45, 7) is 3.57. The maximum Gasteiger partial charge on any atom is 0.472 e. The molecule has 0 fully saturated rings. The van der Waals surface area contributed by atoms with Crippen LogP contribution >= 0.6 is 7.82 Å². The fraction of sp³-hybridized carbons (Fsp3) is 0.661. The summed E-state index contributed by atoms with van der Waals surface area (Å²) in [7, 11) is -4.39. The van der Waals surface area contributed by atoms with E-state index in [9.17, 15) is 19.0 Å². The Bertz CT molecular complexity index is 1490. The van der Waals surface area contributed by atoms with Crippen molar-refractivity contribution in [1.29, 1.82) is 0 Å². The maximum absolute atomic E-state index is 12.7. The molecule has 0 aliphatic carbocycles. The van der Waals surface area contributed by atoms with Gasteiger partial charge in [-0.15, -0.1) is 0 Å². The van der Waals surface area contributed by atoms with Crippen molar-refractivity contribution in [2.24, 2.45) is 5.73 Å². The molecule has 0 aromatic heterocycles. The zero-order valence-corrected chi connectivity index (χ0v) is 44.6. The summed E-state index contributed by atoms with van der Waals surface area (Å²) in [5.41, 5.74) is 5.37. The third kappa shape index (κ3) is 53.9. The molecule has 0 amide bonds. The van der Waals surface area contributed by atoms with Gasteiger partial charge in [0.2, 0.25) is 0 Å². The highest BCUT2D eigenvalue weighted by atomic mass is 31.2. The molecule has 0 saturated heterocycles. The molecule has 0 rings (SSSR count). The largest absolute Gasteiger partial charge is 0.472 e. The standard InChI is InChI=1S/C59H100NO8P/c1-3-5-7-9-11-13-15-17-19-20-21-22-23-24-25-26-27-28-29-30-31-32-33-34-35-36-38-40-42-44-46-48-50-52-59(62)68-57(56-67-69(63,64)66-54-53-60)55-65-58(61)51-49-47-45-43-41-39-37-18-16-14-12-10-8-6-4-2/h5,7,11-14,17-19,21-22,24-25,27-28,30-31,37,57H,3-4,6,8-10,15-16,20,23,26,29,32-36,38-56,60H2,1-2H3,(H,63,64)/b7-5-,13-11-,14-12-,19-17-,22-21-,25-24-,28-27-,31-30-,37-18-. The molecule has 3 N–H and O–H groups in total. The summed E-state index contributed by atoms with van der Waals surface area (Å²) < 4.78 is 32.9. The van der Waals surface area contributed by atoms with E-state index in [1.54, 1.807) is 0 Å². The molecule has 69 heavy (non-hydrogen) atoms. The topological polar surface area (TPSA) is 134 Å². The van der Waals surface area contributed by atoms with E-state index in [2.05, 4.69) is 123 Å². The number of phosphoric acid groups is 1. The fourth-order valence-corrected chi connectivity index (χ4v) is 7.88. The molecule has 2 unspecified atom stereocenters. The minimum atomic E-state index is -4.39. The van der Waals surface area contributed by atoms with Crippen LogP contribution in [0.25, 0.3) is 0 Å². The van der Waals surface area contributed by atoms with E-state index in [-0.39, 0.29) is 32.6 Å². The number of hydrogen-bond acceptors (Lipinski definition) is 8. The fourth-order valence-electron chi connectivity index (χ4n) is 7.12. The van der Waals surface area contributed by atoms with Crippen LogP contribution in [-0.2, 0) is 32.7 Å².